The zero-order valence-electron chi connectivity index (χ0n) is 8.01. The van der Waals surface area contributed by atoms with Gasteiger partial charge in [0.25, 0.3) is 0 Å². The highest BCUT2D eigenvalue weighted by atomic mass is 16.2. The van der Waals surface area contributed by atoms with Gasteiger partial charge in [-0.2, -0.15) is 0 Å². The Bertz CT molecular complexity index is 132. The average molecular weight is 158 g/mol. The van der Waals surface area contributed by atoms with E-state index in [0.29, 0.717) is 5.92 Å². The lowest BCUT2D eigenvalue weighted by molar-refractivity contribution is 0.210. The monoisotopic (exact) mass is 158 g/mol. The first-order chi connectivity index (χ1) is 4.95. The van der Waals surface area contributed by atoms with E-state index >= 15 is 0 Å². The van der Waals surface area contributed by atoms with Gasteiger partial charge in [-0.05, 0) is 12.8 Å². The van der Waals surface area contributed by atoms with E-state index in [1.54, 1.807) is 19.0 Å². The molecule has 1 atom stereocenters. The Kier molecular flexibility index (Phi) is 3.93. The van der Waals surface area contributed by atoms with Crippen LogP contribution in [0.15, 0.2) is 0 Å². The van der Waals surface area contributed by atoms with Crippen molar-refractivity contribution < 1.29 is 4.79 Å². The largest absolute Gasteiger partial charge is 0.335 e. The van der Waals surface area contributed by atoms with Crippen molar-refractivity contribution in [2.45, 2.75) is 26.8 Å². The maximum absolute atomic E-state index is 11.1. The Labute approximate surface area is 68.8 Å². The van der Waals surface area contributed by atoms with Crippen LogP contribution in [0.4, 0.5) is 4.79 Å². The Hall–Kier alpha value is -0.730. The molecule has 0 aromatic carbocycles. The normalized spacial score (nSPS) is 12.9. The Morgan fingerprint density at radius 2 is 1.73 bits per heavy atom. The molecule has 66 valence electrons. The molecule has 0 heterocycles. The molecule has 0 saturated carbocycles. The molecular weight excluding hydrogens is 140 g/mol. The van der Waals surface area contributed by atoms with Crippen molar-refractivity contribution in [1.82, 2.24) is 10.2 Å². The number of amides is 2. The minimum atomic E-state index is -0.0220. The van der Waals surface area contributed by atoms with Crippen LogP contribution in [0.3, 0.4) is 0 Å². The number of nitrogens with zero attached hydrogens (tertiary/aromatic N) is 1. The summed E-state index contributed by atoms with van der Waals surface area (Å²) < 4.78 is 0. The van der Waals surface area contributed by atoms with Crippen LogP contribution in [0.25, 0.3) is 0 Å². The highest BCUT2D eigenvalue weighted by molar-refractivity contribution is 5.73. The standard InChI is InChI=1S/C8H18N2O/c1-6(2)7(3)9-8(11)10(4)5/h6-7H,1-5H3,(H,9,11)/t7-/m1/s1. The Morgan fingerprint density at radius 3 is 2.00 bits per heavy atom. The predicted octanol–water partition coefficient (Wildman–Crippen LogP) is 1.30. The summed E-state index contributed by atoms with van der Waals surface area (Å²) in [5.74, 6) is 0.485. The van der Waals surface area contributed by atoms with Crippen LogP contribution < -0.4 is 5.32 Å². The van der Waals surface area contributed by atoms with E-state index in [4.69, 9.17) is 0 Å². The summed E-state index contributed by atoms with van der Waals surface area (Å²) >= 11 is 0. The molecule has 0 saturated heterocycles. The summed E-state index contributed by atoms with van der Waals surface area (Å²) in [5, 5.41) is 2.87. The second-order valence-corrected chi connectivity index (χ2v) is 3.38. The smallest absolute Gasteiger partial charge is 0.317 e. The topological polar surface area (TPSA) is 32.3 Å². The molecule has 0 aliphatic rings. The summed E-state index contributed by atoms with van der Waals surface area (Å²) in [6.45, 7) is 6.17. The number of hydrogen-bond acceptors (Lipinski definition) is 1. The van der Waals surface area contributed by atoms with Gasteiger partial charge in [-0.15, -0.1) is 0 Å². The molecule has 1 N–H and O–H groups in total. The third-order valence-electron chi connectivity index (χ3n) is 1.76. The zero-order chi connectivity index (χ0) is 9.02. The quantitative estimate of drug-likeness (QED) is 0.645. The van der Waals surface area contributed by atoms with Crippen molar-refractivity contribution in [3.8, 4) is 0 Å². The van der Waals surface area contributed by atoms with Crippen LogP contribution in [0.2, 0.25) is 0 Å². The lowest BCUT2D eigenvalue weighted by Gasteiger charge is -2.20. The van der Waals surface area contributed by atoms with Gasteiger partial charge in [-0.25, -0.2) is 4.79 Å². The van der Waals surface area contributed by atoms with Crippen molar-refractivity contribution in [1.29, 1.82) is 0 Å². The van der Waals surface area contributed by atoms with E-state index < -0.39 is 0 Å². The van der Waals surface area contributed by atoms with Crippen molar-refractivity contribution in [3.05, 3.63) is 0 Å². The fraction of sp³-hybridized carbons (Fsp3) is 0.875. The molecule has 0 unspecified atom stereocenters. The second kappa shape index (κ2) is 4.21. The van der Waals surface area contributed by atoms with Gasteiger partial charge in [-0.1, -0.05) is 13.8 Å². The summed E-state index contributed by atoms with van der Waals surface area (Å²) in [5.41, 5.74) is 0. The summed E-state index contributed by atoms with van der Waals surface area (Å²) in [7, 11) is 3.48. The third kappa shape index (κ3) is 3.86. The summed E-state index contributed by atoms with van der Waals surface area (Å²) in [4.78, 5) is 12.6. The first-order valence-corrected chi connectivity index (χ1v) is 3.93. The molecule has 11 heavy (non-hydrogen) atoms. The third-order valence-corrected chi connectivity index (χ3v) is 1.76. The van der Waals surface area contributed by atoms with Gasteiger partial charge in [0.05, 0.1) is 0 Å². The molecule has 0 aromatic heterocycles. The second-order valence-electron chi connectivity index (χ2n) is 3.38. The first kappa shape index (κ1) is 10.3. The lowest BCUT2D eigenvalue weighted by atomic mass is 10.1. The average Bonchev–Trinajstić information content (AvgIpc) is 1.87. The predicted molar refractivity (Wildman–Crippen MR) is 46.5 cm³/mol. The van der Waals surface area contributed by atoms with Crippen LogP contribution in [-0.4, -0.2) is 31.1 Å². The van der Waals surface area contributed by atoms with E-state index in [1.165, 1.54) is 0 Å². The van der Waals surface area contributed by atoms with Crippen molar-refractivity contribution in [3.63, 3.8) is 0 Å². The van der Waals surface area contributed by atoms with Crippen LogP contribution in [0.1, 0.15) is 20.8 Å². The molecule has 2 amide bonds. The number of rotatable bonds is 2. The molecule has 0 rings (SSSR count). The van der Waals surface area contributed by atoms with Crippen LogP contribution in [0, 0.1) is 5.92 Å². The minimum absolute atomic E-state index is 0.0220. The van der Waals surface area contributed by atoms with Crippen molar-refractivity contribution in [2.75, 3.05) is 14.1 Å². The Balaban J connectivity index is 3.76. The highest BCUT2D eigenvalue weighted by Crippen LogP contribution is 1.99. The number of carbonyl (C=O) groups excluding carboxylic acids is 1. The van der Waals surface area contributed by atoms with Gasteiger partial charge in [-0.3, -0.25) is 0 Å². The Morgan fingerprint density at radius 1 is 1.27 bits per heavy atom. The number of urea groups is 1. The summed E-state index contributed by atoms with van der Waals surface area (Å²) in [6.07, 6.45) is 0. The van der Waals surface area contributed by atoms with Crippen LogP contribution in [-0.2, 0) is 0 Å². The molecular formula is C8H18N2O. The van der Waals surface area contributed by atoms with E-state index in [-0.39, 0.29) is 12.1 Å². The van der Waals surface area contributed by atoms with Gasteiger partial charge in [0, 0.05) is 20.1 Å². The van der Waals surface area contributed by atoms with Gasteiger partial charge in [0.2, 0.25) is 0 Å². The molecule has 0 aromatic rings. The van der Waals surface area contributed by atoms with Gasteiger partial charge < -0.3 is 10.2 Å². The number of nitrogens with one attached hydrogen (secondary N) is 1. The molecule has 3 nitrogen and oxygen atoms in total. The van der Waals surface area contributed by atoms with E-state index in [2.05, 4.69) is 19.2 Å². The molecule has 0 fully saturated rings. The first-order valence-electron chi connectivity index (χ1n) is 3.93. The van der Waals surface area contributed by atoms with Gasteiger partial charge in [0.1, 0.15) is 0 Å². The van der Waals surface area contributed by atoms with E-state index in [1.807, 2.05) is 6.92 Å². The van der Waals surface area contributed by atoms with Crippen LogP contribution in [0.5, 0.6) is 0 Å². The minimum Gasteiger partial charge on any atom is -0.335 e. The fourth-order valence-corrected chi connectivity index (χ4v) is 0.491. The molecule has 0 spiro atoms. The maximum Gasteiger partial charge on any atom is 0.317 e. The van der Waals surface area contributed by atoms with Crippen LogP contribution >= 0.6 is 0 Å². The van der Waals surface area contributed by atoms with Gasteiger partial charge in [0.15, 0.2) is 0 Å². The molecule has 0 bridgehead atoms. The van der Waals surface area contributed by atoms with E-state index in [0.717, 1.165) is 0 Å². The molecule has 3 heteroatoms. The molecule has 0 aliphatic carbocycles. The fourth-order valence-electron chi connectivity index (χ4n) is 0.491. The van der Waals surface area contributed by atoms with Crippen molar-refractivity contribution in [2.24, 2.45) is 5.92 Å². The maximum atomic E-state index is 11.1. The number of carbonyl (C=O) groups is 1. The lowest BCUT2D eigenvalue weighted by Crippen LogP contribution is -2.42. The number of hydrogen-bond donors (Lipinski definition) is 1. The highest BCUT2D eigenvalue weighted by Gasteiger charge is 2.10. The zero-order valence-corrected chi connectivity index (χ0v) is 8.01. The molecule has 0 radical (unpaired) electrons. The van der Waals surface area contributed by atoms with Crippen molar-refractivity contribution >= 4 is 6.03 Å². The summed E-state index contributed by atoms with van der Waals surface area (Å²) in [6, 6.07) is 0.219. The molecule has 0 aliphatic heterocycles. The SMILES string of the molecule is CC(C)[C@@H](C)NC(=O)N(C)C. The van der Waals surface area contributed by atoms with Gasteiger partial charge >= 0.3 is 6.03 Å². The van der Waals surface area contributed by atoms with E-state index in [9.17, 15) is 4.79 Å².